The van der Waals surface area contributed by atoms with Crippen LogP contribution in [-0.4, -0.2) is 32.7 Å². The average Bonchev–Trinajstić information content (AvgIpc) is 3.46. The summed E-state index contributed by atoms with van der Waals surface area (Å²) in [6.07, 6.45) is 3.09. The normalized spacial score (nSPS) is 12.6. The first-order valence-electron chi connectivity index (χ1n) is 10.6. The second kappa shape index (κ2) is 8.67. The predicted molar refractivity (Wildman–Crippen MR) is 122 cm³/mol. The summed E-state index contributed by atoms with van der Waals surface area (Å²) in [7, 11) is 0. The van der Waals surface area contributed by atoms with E-state index >= 15 is 0 Å². The van der Waals surface area contributed by atoms with Crippen molar-refractivity contribution in [1.29, 1.82) is 0 Å². The van der Waals surface area contributed by atoms with E-state index in [0.717, 1.165) is 4.90 Å². The molecule has 5 rings (SSSR count). The van der Waals surface area contributed by atoms with Crippen LogP contribution in [0.3, 0.4) is 0 Å². The molecule has 0 saturated heterocycles. The van der Waals surface area contributed by atoms with Crippen LogP contribution in [0.4, 0.5) is 5.69 Å². The molecule has 0 radical (unpaired) electrons. The number of pyridine rings is 1. The third-order valence-corrected chi connectivity index (χ3v) is 5.58. The molecule has 0 atom stereocenters. The fourth-order valence-electron chi connectivity index (χ4n) is 3.89. The molecule has 3 amide bonds. The van der Waals surface area contributed by atoms with Crippen LogP contribution in [0.5, 0.6) is 5.75 Å². The van der Waals surface area contributed by atoms with E-state index in [-0.39, 0.29) is 35.5 Å². The number of furan rings is 1. The number of benzene rings is 2. The highest BCUT2D eigenvalue weighted by Gasteiger charge is 2.37. The van der Waals surface area contributed by atoms with Crippen molar-refractivity contribution >= 4 is 23.4 Å². The van der Waals surface area contributed by atoms with E-state index in [1.807, 2.05) is 6.07 Å². The molecular formula is C26H19N3O5. The molecule has 8 nitrogen and oxygen atoms in total. The Bertz CT molecular complexity index is 1380. The number of aromatic hydroxyl groups is 1. The van der Waals surface area contributed by atoms with Gasteiger partial charge in [0.15, 0.2) is 0 Å². The molecule has 4 aromatic rings. The monoisotopic (exact) mass is 453 g/mol. The lowest BCUT2D eigenvalue weighted by atomic mass is 10.0. The van der Waals surface area contributed by atoms with Gasteiger partial charge in [-0.25, -0.2) is 0 Å². The largest absolute Gasteiger partial charge is 0.506 e. The number of imide groups is 1. The van der Waals surface area contributed by atoms with Gasteiger partial charge in [0.25, 0.3) is 17.7 Å². The molecule has 34 heavy (non-hydrogen) atoms. The van der Waals surface area contributed by atoms with Crippen LogP contribution >= 0.6 is 0 Å². The number of hydrogen-bond donors (Lipinski definition) is 1. The van der Waals surface area contributed by atoms with Crippen LogP contribution in [0.1, 0.15) is 42.5 Å². The van der Waals surface area contributed by atoms with Crippen LogP contribution in [0.2, 0.25) is 0 Å². The molecule has 168 valence electrons. The van der Waals surface area contributed by atoms with Crippen molar-refractivity contribution in [2.24, 2.45) is 0 Å². The Morgan fingerprint density at radius 1 is 0.941 bits per heavy atom. The topological polar surface area (TPSA) is 104 Å². The van der Waals surface area contributed by atoms with Gasteiger partial charge in [0.05, 0.1) is 41.9 Å². The van der Waals surface area contributed by atoms with Gasteiger partial charge in [-0.1, -0.05) is 18.2 Å². The highest BCUT2D eigenvalue weighted by atomic mass is 16.3. The maximum atomic E-state index is 13.6. The van der Waals surface area contributed by atoms with Gasteiger partial charge >= 0.3 is 0 Å². The van der Waals surface area contributed by atoms with Crippen molar-refractivity contribution in [2.45, 2.75) is 13.1 Å². The van der Waals surface area contributed by atoms with E-state index < -0.39 is 17.7 Å². The quantitative estimate of drug-likeness (QED) is 0.442. The Hall–Kier alpha value is -4.72. The highest BCUT2D eigenvalue weighted by molar-refractivity contribution is 6.22. The molecule has 8 heteroatoms. The number of aromatic nitrogens is 1. The smallest absolute Gasteiger partial charge is 0.261 e. The fraction of sp³-hybridized carbons (Fsp3) is 0.0769. The zero-order valence-electron chi connectivity index (χ0n) is 17.9. The number of hydrogen-bond acceptors (Lipinski definition) is 6. The van der Waals surface area contributed by atoms with Crippen molar-refractivity contribution in [2.75, 3.05) is 4.90 Å². The summed E-state index contributed by atoms with van der Waals surface area (Å²) in [6, 6.07) is 19.6. The minimum absolute atomic E-state index is 0.00627. The van der Waals surface area contributed by atoms with Crippen molar-refractivity contribution in [3.63, 3.8) is 0 Å². The molecule has 0 spiro atoms. The molecule has 2 aromatic carbocycles. The second-order valence-electron chi connectivity index (χ2n) is 7.74. The summed E-state index contributed by atoms with van der Waals surface area (Å²) in [5.74, 6) is -0.971. The Morgan fingerprint density at radius 3 is 2.47 bits per heavy atom. The number of rotatable bonds is 6. The van der Waals surface area contributed by atoms with Crippen molar-refractivity contribution in [3.05, 3.63) is 113 Å². The second-order valence-corrected chi connectivity index (χ2v) is 7.74. The van der Waals surface area contributed by atoms with E-state index in [9.17, 15) is 19.5 Å². The maximum Gasteiger partial charge on any atom is 0.261 e. The third kappa shape index (κ3) is 3.81. The lowest BCUT2D eigenvalue weighted by molar-refractivity contribution is 0.0631. The van der Waals surface area contributed by atoms with E-state index in [0.29, 0.717) is 17.1 Å². The Kier molecular flexibility index (Phi) is 5.39. The molecule has 1 aliphatic heterocycles. The first-order chi connectivity index (χ1) is 16.5. The van der Waals surface area contributed by atoms with Crippen LogP contribution in [0.25, 0.3) is 0 Å². The van der Waals surface area contributed by atoms with Crippen LogP contribution in [0.15, 0.2) is 89.7 Å². The molecule has 0 fully saturated rings. The highest BCUT2D eigenvalue weighted by Crippen LogP contribution is 2.31. The Balaban J connectivity index is 1.49. The lowest BCUT2D eigenvalue weighted by Gasteiger charge is -2.23. The van der Waals surface area contributed by atoms with Crippen LogP contribution in [0, 0.1) is 0 Å². The summed E-state index contributed by atoms with van der Waals surface area (Å²) in [4.78, 5) is 46.1. The van der Waals surface area contributed by atoms with Gasteiger partial charge in [-0.2, -0.15) is 0 Å². The van der Waals surface area contributed by atoms with Gasteiger partial charge in [-0.05, 0) is 54.6 Å². The molecule has 2 aromatic heterocycles. The van der Waals surface area contributed by atoms with E-state index in [4.69, 9.17) is 4.42 Å². The molecule has 0 bridgehead atoms. The van der Waals surface area contributed by atoms with Gasteiger partial charge in [0.1, 0.15) is 11.5 Å². The van der Waals surface area contributed by atoms with Crippen molar-refractivity contribution < 1.29 is 23.9 Å². The summed E-state index contributed by atoms with van der Waals surface area (Å²) in [5, 5.41) is 10.4. The number of carbonyl (C=O) groups is 3. The van der Waals surface area contributed by atoms with E-state index in [2.05, 4.69) is 4.98 Å². The molecule has 1 aliphatic rings. The molecule has 3 heterocycles. The predicted octanol–water partition coefficient (Wildman–Crippen LogP) is 4.02. The third-order valence-electron chi connectivity index (χ3n) is 5.58. The van der Waals surface area contributed by atoms with Gasteiger partial charge in [-0.3, -0.25) is 29.2 Å². The number of phenolic OH excluding ortho intramolecular Hbond substituents is 1. The first-order valence-corrected chi connectivity index (χ1v) is 10.6. The number of carbonyl (C=O) groups excluding carboxylic acids is 3. The summed E-state index contributed by atoms with van der Waals surface area (Å²) >= 11 is 0. The van der Waals surface area contributed by atoms with Gasteiger partial charge in [-0.15, -0.1) is 0 Å². The summed E-state index contributed by atoms with van der Waals surface area (Å²) in [5.41, 5.74) is 1.51. The van der Waals surface area contributed by atoms with Crippen molar-refractivity contribution in [1.82, 2.24) is 9.88 Å². The summed E-state index contributed by atoms with van der Waals surface area (Å²) < 4.78 is 5.26. The zero-order valence-corrected chi connectivity index (χ0v) is 17.9. The number of para-hydroxylation sites is 2. The molecule has 0 unspecified atom stereocenters. The van der Waals surface area contributed by atoms with Gasteiger partial charge in [0.2, 0.25) is 0 Å². The zero-order chi connectivity index (χ0) is 23.7. The van der Waals surface area contributed by atoms with Crippen LogP contribution < -0.4 is 4.90 Å². The molecule has 0 aliphatic carbocycles. The van der Waals surface area contributed by atoms with Gasteiger partial charge in [0, 0.05) is 11.8 Å². The Morgan fingerprint density at radius 2 is 1.74 bits per heavy atom. The van der Waals surface area contributed by atoms with Crippen LogP contribution in [-0.2, 0) is 13.1 Å². The minimum Gasteiger partial charge on any atom is -0.506 e. The van der Waals surface area contributed by atoms with E-state index in [1.165, 1.54) is 35.4 Å². The maximum absolute atomic E-state index is 13.6. The number of anilines is 1. The molecular weight excluding hydrogens is 434 g/mol. The number of amides is 3. The Labute approximate surface area is 194 Å². The number of fused-ring (bicyclic) bond motifs is 1. The lowest BCUT2D eigenvalue weighted by Crippen LogP contribution is -2.31. The van der Waals surface area contributed by atoms with Gasteiger partial charge < -0.3 is 9.52 Å². The molecule has 1 N–H and O–H groups in total. The SMILES string of the molecule is O=C1c2ccc(C(=O)N(Cc3ccccn3)c3ccccc3O)cc2C(=O)N1Cc1ccco1. The fourth-order valence-corrected chi connectivity index (χ4v) is 3.89. The first kappa shape index (κ1) is 21.1. The van der Waals surface area contributed by atoms with E-state index in [1.54, 1.807) is 48.7 Å². The minimum atomic E-state index is -0.495. The van der Waals surface area contributed by atoms with Crippen molar-refractivity contribution in [3.8, 4) is 5.75 Å². The average molecular weight is 453 g/mol. The standard InChI is InChI=1S/C26H19N3O5/c30-23-9-2-1-8-22(23)28(15-18-6-3-4-12-27-18)24(31)17-10-11-20-21(14-17)26(33)29(25(20)32)16-19-7-5-13-34-19/h1-14,30H,15-16H2. The number of nitrogens with zero attached hydrogens (tertiary/aromatic N) is 3. The summed E-state index contributed by atoms with van der Waals surface area (Å²) in [6.45, 7) is 0.109. The molecule has 0 saturated carbocycles. The number of phenols is 1.